The second-order valence-corrected chi connectivity index (χ2v) is 5.08. The van der Waals surface area contributed by atoms with Crippen LogP contribution in [0.5, 0.6) is 0 Å². The third kappa shape index (κ3) is 3.83. The zero-order chi connectivity index (χ0) is 11.4. The summed E-state index contributed by atoms with van der Waals surface area (Å²) in [6.45, 7) is 2.33. The highest BCUT2D eigenvalue weighted by molar-refractivity contribution is 9.11. The first-order valence-electron chi connectivity index (χ1n) is 4.49. The Morgan fingerprint density at radius 3 is 2.80 bits per heavy atom. The number of nitrogens with two attached hydrogens (primary N) is 1. The summed E-state index contributed by atoms with van der Waals surface area (Å²) in [5, 5.41) is 3.16. The first kappa shape index (κ1) is 12.5. The zero-order valence-corrected chi connectivity index (χ0v) is 11.4. The Bertz CT molecular complexity index is 368. The van der Waals surface area contributed by atoms with E-state index in [1.807, 2.05) is 18.2 Å². The third-order valence-corrected chi connectivity index (χ3v) is 3.20. The van der Waals surface area contributed by atoms with E-state index >= 15 is 0 Å². The van der Waals surface area contributed by atoms with Gasteiger partial charge in [0.05, 0.1) is 5.92 Å². The van der Waals surface area contributed by atoms with Gasteiger partial charge in [0.25, 0.3) is 0 Å². The van der Waals surface area contributed by atoms with Gasteiger partial charge in [-0.25, -0.2) is 0 Å². The summed E-state index contributed by atoms with van der Waals surface area (Å²) in [4.78, 5) is 10.8. The van der Waals surface area contributed by atoms with Crippen LogP contribution in [0.3, 0.4) is 0 Å². The molecule has 0 bridgehead atoms. The van der Waals surface area contributed by atoms with Crippen molar-refractivity contribution in [3.8, 4) is 0 Å². The molecule has 0 saturated heterocycles. The zero-order valence-electron chi connectivity index (χ0n) is 8.26. The van der Waals surface area contributed by atoms with Crippen LogP contribution < -0.4 is 11.1 Å². The van der Waals surface area contributed by atoms with Crippen LogP contribution in [0.15, 0.2) is 27.1 Å². The minimum atomic E-state index is -0.298. The number of rotatable bonds is 4. The van der Waals surface area contributed by atoms with Crippen LogP contribution in [0.25, 0.3) is 0 Å². The van der Waals surface area contributed by atoms with Crippen molar-refractivity contribution in [1.82, 2.24) is 0 Å². The molecule has 0 saturated carbocycles. The highest BCUT2D eigenvalue weighted by atomic mass is 79.9. The predicted molar refractivity (Wildman–Crippen MR) is 68.7 cm³/mol. The maximum absolute atomic E-state index is 10.8. The molecule has 1 atom stereocenters. The lowest BCUT2D eigenvalue weighted by Crippen LogP contribution is -2.26. The van der Waals surface area contributed by atoms with Gasteiger partial charge in [-0.05, 0) is 34.1 Å². The van der Waals surface area contributed by atoms with E-state index in [1.54, 1.807) is 6.92 Å². The van der Waals surface area contributed by atoms with Crippen molar-refractivity contribution < 1.29 is 4.79 Å². The van der Waals surface area contributed by atoms with Crippen LogP contribution in [-0.4, -0.2) is 12.5 Å². The quantitative estimate of drug-likeness (QED) is 0.888. The van der Waals surface area contributed by atoms with Gasteiger partial charge in [0.1, 0.15) is 0 Å². The van der Waals surface area contributed by atoms with Crippen LogP contribution >= 0.6 is 31.9 Å². The number of anilines is 1. The average molecular weight is 336 g/mol. The molecule has 0 fully saturated rings. The molecule has 1 aromatic carbocycles. The fourth-order valence-corrected chi connectivity index (χ4v) is 1.74. The minimum absolute atomic E-state index is 0.184. The second-order valence-electron chi connectivity index (χ2n) is 3.31. The summed E-state index contributed by atoms with van der Waals surface area (Å²) in [6, 6.07) is 5.81. The number of carbonyl (C=O) groups is 1. The normalized spacial score (nSPS) is 12.2. The Kier molecular flexibility index (Phi) is 4.60. The highest BCUT2D eigenvalue weighted by Gasteiger charge is 2.08. The largest absolute Gasteiger partial charge is 0.383 e. The van der Waals surface area contributed by atoms with Gasteiger partial charge >= 0.3 is 0 Å². The predicted octanol–water partition coefficient (Wildman–Crippen LogP) is 2.74. The molecule has 1 amide bonds. The lowest BCUT2D eigenvalue weighted by atomic mass is 10.1. The van der Waals surface area contributed by atoms with Gasteiger partial charge in [-0.15, -0.1) is 0 Å². The van der Waals surface area contributed by atoms with Gasteiger partial charge in [0, 0.05) is 21.2 Å². The summed E-state index contributed by atoms with van der Waals surface area (Å²) in [5.41, 5.74) is 6.11. The number of carbonyl (C=O) groups excluding carboxylic acids is 1. The van der Waals surface area contributed by atoms with E-state index in [-0.39, 0.29) is 11.8 Å². The maximum atomic E-state index is 10.8. The highest BCUT2D eigenvalue weighted by Crippen LogP contribution is 2.26. The van der Waals surface area contributed by atoms with Crippen LogP contribution in [0.4, 0.5) is 5.69 Å². The van der Waals surface area contributed by atoms with Crippen molar-refractivity contribution in [3.63, 3.8) is 0 Å². The molecule has 1 aromatic rings. The van der Waals surface area contributed by atoms with Gasteiger partial charge in [-0.1, -0.05) is 22.9 Å². The summed E-state index contributed by atoms with van der Waals surface area (Å²) in [6.07, 6.45) is 0. The number of amides is 1. The topological polar surface area (TPSA) is 55.1 Å². The molecule has 3 N–H and O–H groups in total. The Balaban J connectivity index is 2.65. The van der Waals surface area contributed by atoms with Crippen LogP contribution in [-0.2, 0) is 4.79 Å². The van der Waals surface area contributed by atoms with Crippen molar-refractivity contribution in [2.75, 3.05) is 11.9 Å². The van der Waals surface area contributed by atoms with Crippen molar-refractivity contribution in [1.29, 1.82) is 0 Å². The summed E-state index contributed by atoms with van der Waals surface area (Å²) >= 11 is 6.80. The average Bonchev–Trinajstić information content (AvgIpc) is 2.18. The monoisotopic (exact) mass is 334 g/mol. The van der Waals surface area contributed by atoms with E-state index in [0.717, 1.165) is 14.6 Å². The first-order valence-corrected chi connectivity index (χ1v) is 6.07. The van der Waals surface area contributed by atoms with Crippen LogP contribution in [0.2, 0.25) is 0 Å². The van der Waals surface area contributed by atoms with E-state index in [1.165, 1.54) is 0 Å². The number of halogens is 2. The van der Waals surface area contributed by atoms with Crippen molar-refractivity contribution in [3.05, 3.63) is 27.1 Å². The molecule has 0 aliphatic heterocycles. The van der Waals surface area contributed by atoms with Gasteiger partial charge in [-0.3, -0.25) is 4.79 Å². The third-order valence-electron chi connectivity index (χ3n) is 2.01. The second kappa shape index (κ2) is 5.51. The Labute approximate surface area is 106 Å². The van der Waals surface area contributed by atoms with E-state index in [9.17, 15) is 4.79 Å². The maximum Gasteiger partial charge on any atom is 0.222 e. The number of nitrogens with one attached hydrogen (secondary N) is 1. The van der Waals surface area contributed by atoms with E-state index in [0.29, 0.717) is 6.54 Å². The van der Waals surface area contributed by atoms with Gasteiger partial charge in [0.15, 0.2) is 0 Å². The molecular formula is C10H12Br2N2O. The molecule has 1 unspecified atom stereocenters. The standard InChI is InChI=1S/C10H12Br2N2O/c1-6(10(13)15)5-14-9-4-7(11)2-3-8(9)12/h2-4,6,14H,5H2,1H3,(H2,13,15). The van der Waals surface area contributed by atoms with Crippen molar-refractivity contribution >= 4 is 43.5 Å². The molecule has 0 aliphatic rings. The molecule has 3 nitrogen and oxygen atoms in total. The van der Waals surface area contributed by atoms with Crippen LogP contribution in [0.1, 0.15) is 6.92 Å². The molecule has 82 valence electrons. The molecule has 0 aliphatic carbocycles. The molecule has 15 heavy (non-hydrogen) atoms. The number of benzene rings is 1. The molecule has 0 radical (unpaired) electrons. The molecule has 0 spiro atoms. The van der Waals surface area contributed by atoms with Crippen molar-refractivity contribution in [2.45, 2.75) is 6.92 Å². The van der Waals surface area contributed by atoms with E-state index < -0.39 is 0 Å². The Hall–Kier alpha value is -0.550. The smallest absolute Gasteiger partial charge is 0.222 e. The summed E-state index contributed by atoms with van der Waals surface area (Å²) in [7, 11) is 0. The molecule has 0 aromatic heterocycles. The molecule has 5 heteroatoms. The number of hydrogen-bond donors (Lipinski definition) is 2. The molecular weight excluding hydrogens is 324 g/mol. The lowest BCUT2D eigenvalue weighted by molar-refractivity contribution is -0.120. The molecule has 0 heterocycles. The Morgan fingerprint density at radius 1 is 1.53 bits per heavy atom. The summed E-state index contributed by atoms with van der Waals surface area (Å²) < 4.78 is 1.95. The fraction of sp³-hybridized carbons (Fsp3) is 0.300. The van der Waals surface area contributed by atoms with Crippen molar-refractivity contribution in [2.24, 2.45) is 11.7 Å². The molecule has 1 rings (SSSR count). The summed E-state index contributed by atoms with van der Waals surface area (Å²) in [5.74, 6) is -0.482. The number of hydrogen-bond acceptors (Lipinski definition) is 2. The number of primary amides is 1. The van der Waals surface area contributed by atoms with Crippen LogP contribution in [0, 0.1) is 5.92 Å². The van der Waals surface area contributed by atoms with E-state index in [2.05, 4.69) is 37.2 Å². The first-order chi connectivity index (χ1) is 7.00. The van der Waals surface area contributed by atoms with E-state index in [4.69, 9.17) is 5.73 Å². The van der Waals surface area contributed by atoms with Gasteiger partial charge < -0.3 is 11.1 Å². The SMILES string of the molecule is CC(CNc1cc(Br)ccc1Br)C(N)=O. The lowest BCUT2D eigenvalue weighted by Gasteiger charge is -2.12. The van der Waals surface area contributed by atoms with Gasteiger partial charge in [-0.2, -0.15) is 0 Å². The minimum Gasteiger partial charge on any atom is -0.383 e. The van der Waals surface area contributed by atoms with Gasteiger partial charge in [0.2, 0.25) is 5.91 Å². The Morgan fingerprint density at radius 2 is 2.20 bits per heavy atom. The fourth-order valence-electron chi connectivity index (χ4n) is 0.997.